The van der Waals surface area contributed by atoms with E-state index in [4.69, 9.17) is 10.5 Å². The number of esters is 1. The van der Waals surface area contributed by atoms with Gasteiger partial charge in [0.25, 0.3) is 0 Å². The number of nitrogens with one attached hydrogen (secondary N) is 1. The fourth-order valence-electron chi connectivity index (χ4n) is 1.99. The highest BCUT2D eigenvalue weighted by molar-refractivity contribution is 7.14. The zero-order valence-corrected chi connectivity index (χ0v) is 13.9. The van der Waals surface area contributed by atoms with E-state index in [1.54, 1.807) is 13.8 Å². The van der Waals surface area contributed by atoms with Gasteiger partial charge < -0.3 is 15.8 Å². The summed E-state index contributed by atoms with van der Waals surface area (Å²) in [5, 5.41) is 3.09. The Bertz CT molecular complexity index is 686. The molecule has 124 valence electrons. The van der Waals surface area contributed by atoms with Crippen LogP contribution in [0.5, 0.6) is 0 Å². The molecule has 7 nitrogen and oxygen atoms in total. The van der Waals surface area contributed by atoms with Gasteiger partial charge in [-0.1, -0.05) is 6.92 Å². The van der Waals surface area contributed by atoms with Crippen molar-refractivity contribution < 1.29 is 13.9 Å². The van der Waals surface area contributed by atoms with Gasteiger partial charge in [0.2, 0.25) is 11.9 Å². The lowest BCUT2D eigenvalue weighted by Crippen LogP contribution is -2.13. The average molecular weight is 339 g/mol. The van der Waals surface area contributed by atoms with Gasteiger partial charge >= 0.3 is 5.97 Å². The van der Waals surface area contributed by atoms with Gasteiger partial charge in [0, 0.05) is 4.88 Å². The molecule has 0 aliphatic rings. The molecule has 2 rings (SSSR count). The van der Waals surface area contributed by atoms with Crippen LogP contribution in [0.15, 0.2) is 6.07 Å². The van der Waals surface area contributed by atoms with Gasteiger partial charge in [-0.2, -0.15) is 15.0 Å². The van der Waals surface area contributed by atoms with Gasteiger partial charge in [0.15, 0.2) is 0 Å². The van der Waals surface area contributed by atoms with Gasteiger partial charge in [0.1, 0.15) is 16.5 Å². The predicted molar refractivity (Wildman–Crippen MR) is 85.9 cm³/mol. The maximum atomic E-state index is 14.0. The lowest BCUT2D eigenvalue weighted by molar-refractivity contribution is 0.0527. The Labute approximate surface area is 137 Å². The number of hydrogen-bond acceptors (Lipinski definition) is 8. The number of hydrogen-bond donors (Lipinski definition) is 2. The van der Waals surface area contributed by atoms with Crippen molar-refractivity contribution >= 4 is 29.2 Å². The molecule has 9 heteroatoms. The van der Waals surface area contributed by atoms with Gasteiger partial charge in [-0.05, 0) is 26.3 Å². The van der Waals surface area contributed by atoms with Crippen molar-refractivity contribution in [2.45, 2.75) is 33.2 Å². The molecule has 0 radical (unpaired) electrons. The molecule has 3 N–H and O–H groups in total. The Balaban J connectivity index is 2.24. The highest BCUT2D eigenvalue weighted by atomic mass is 32.1. The Kier molecular flexibility index (Phi) is 5.43. The molecule has 0 saturated heterocycles. The Morgan fingerprint density at radius 3 is 2.78 bits per heavy atom. The molecule has 0 aliphatic carbocycles. The summed E-state index contributed by atoms with van der Waals surface area (Å²) in [6.07, 6.45) is 0.646. The minimum atomic E-state index is -0.656. The monoisotopic (exact) mass is 339 g/mol. The van der Waals surface area contributed by atoms with Crippen molar-refractivity contribution in [3.63, 3.8) is 0 Å². The smallest absolute Gasteiger partial charge is 0.351 e. The zero-order valence-electron chi connectivity index (χ0n) is 13.1. The van der Waals surface area contributed by atoms with E-state index in [0.717, 1.165) is 11.3 Å². The number of aromatic nitrogens is 3. The SMILES string of the molecule is CCOC(=O)c1sc(C(CC)Nc2nc(C)nc(N)n2)cc1F. The summed E-state index contributed by atoms with van der Waals surface area (Å²) in [7, 11) is 0. The van der Waals surface area contributed by atoms with Crippen molar-refractivity contribution in [2.75, 3.05) is 17.7 Å². The number of carbonyl (C=O) groups excluding carboxylic acids is 1. The Hall–Kier alpha value is -2.29. The topological polar surface area (TPSA) is 103 Å². The van der Waals surface area contributed by atoms with E-state index in [2.05, 4.69) is 20.3 Å². The first-order chi connectivity index (χ1) is 10.9. The number of ether oxygens (including phenoxy) is 1. The second-order valence-corrected chi connectivity index (χ2v) is 5.80. The number of halogens is 1. The predicted octanol–water partition coefficient (Wildman–Crippen LogP) is 2.70. The first kappa shape index (κ1) is 17.1. The van der Waals surface area contributed by atoms with Crippen molar-refractivity contribution in [1.82, 2.24) is 15.0 Å². The molecule has 2 heterocycles. The summed E-state index contributed by atoms with van der Waals surface area (Å²) < 4.78 is 18.8. The van der Waals surface area contributed by atoms with E-state index in [1.165, 1.54) is 6.07 Å². The lowest BCUT2D eigenvalue weighted by atomic mass is 10.2. The van der Waals surface area contributed by atoms with Crippen LogP contribution in [0.2, 0.25) is 0 Å². The molecule has 1 unspecified atom stereocenters. The second-order valence-electron chi connectivity index (χ2n) is 4.72. The summed E-state index contributed by atoms with van der Waals surface area (Å²) in [5.41, 5.74) is 5.60. The van der Waals surface area contributed by atoms with Gasteiger partial charge in [-0.15, -0.1) is 11.3 Å². The first-order valence-corrected chi connectivity index (χ1v) is 7.97. The number of nitrogens with zero attached hydrogens (tertiary/aromatic N) is 3. The first-order valence-electron chi connectivity index (χ1n) is 7.15. The largest absolute Gasteiger partial charge is 0.462 e. The number of anilines is 2. The third-order valence-electron chi connectivity index (χ3n) is 2.99. The quantitative estimate of drug-likeness (QED) is 0.780. The van der Waals surface area contributed by atoms with Crippen LogP contribution in [-0.2, 0) is 4.74 Å². The van der Waals surface area contributed by atoms with Crippen LogP contribution in [0.25, 0.3) is 0 Å². The number of thiophene rings is 1. The van der Waals surface area contributed by atoms with Crippen LogP contribution >= 0.6 is 11.3 Å². The minimum Gasteiger partial charge on any atom is -0.462 e. The number of nitrogens with two attached hydrogens (primary N) is 1. The molecular formula is C14H18FN5O2S. The summed E-state index contributed by atoms with van der Waals surface area (Å²) >= 11 is 1.05. The van der Waals surface area contributed by atoms with E-state index in [9.17, 15) is 9.18 Å². The Morgan fingerprint density at radius 1 is 1.43 bits per heavy atom. The van der Waals surface area contributed by atoms with E-state index < -0.39 is 11.8 Å². The van der Waals surface area contributed by atoms with Crippen molar-refractivity contribution in [2.24, 2.45) is 0 Å². The fourth-order valence-corrected chi connectivity index (χ4v) is 3.06. The number of nitrogen functional groups attached to an aromatic ring is 1. The molecule has 1 atom stereocenters. The van der Waals surface area contributed by atoms with Crippen LogP contribution in [-0.4, -0.2) is 27.5 Å². The number of carbonyl (C=O) groups is 1. The normalized spacial score (nSPS) is 12.0. The molecule has 0 aromatic carbocycles. The summed E-state index contributed by atoms with van der Waals surface area (Å²) in [6, 6.07) is 1.08. The number of rotatable bonds is 6. The minimum absolute atomic E-state index is 0.0339. The van der Waals surface area contributed by atoms with Crippen LogP contribution in [0.4, 0.5) is 16.3 Å². The molecular weight excluding hydrogens is 321 g/mol. The maximum Gasteiger partial charge on any atom is 0.351 e. The van der Waals surface area contributed by atoms with E-state index in [1.807, 2.05) is 6.92 Å². The molecule has 0 fully saturated rings. The van der Waals surface area contributed by atoms with Gasteiger partial charge in [0.05, 0.1) is 12.6 Å². The second kappa shape index (κ2) is 7.32. The summed E-state index contributed by atoms with van der Waals surface area (Å²) in [6.45, 7) is 5.50. The van der Waals surface area contributed by atoms with Gasteiger partial charge in [-0.25, -0.2) is 9.18 Å². The molecule has 0 aliphatic heterocycles. The van der Waals surface area contributed by atoms with Crippen molar-refractivity contribution in [3.8, 4) is 0 Å². The maximum absolute atomic E-state index is 14.0. The van der Waals surface area contributed by atoms with E-state index >= 15 is 0 Å². The van der Waals surface area contributed by atoms with Crippen LogP contribution < -0.4 is 11.1 Å². The van der Waals surface area contributed by atoms with E-state index in [0.29, 0.717) is 23.1 Å². The highest BCUT2D eigenvalue weighted by Crippen LogP contribution is 2.30. The molecule has 2 aromatic heterocycles. The van der Waals surface area contributed by atoms with E-state index in [-0.39, 0.29) is 23.5 Å². The van der Waals surface area contributed by atoms with Crippen LogP contribution in [0.1, 0.15) is 46.7 Å². The zero-order chi connectivity index (χ0) is 17.0. The summed E-state index contributed by atoms with van der Waals surface area (Å²) in [4.78, 5) is 24.4. The van der Waals surface area contributed by atoms with Crippen molar-refractivity contribution in [1.29, 1.82) is 0 Å². The molecule has 0 amide bonds. The van der Waals surface area contributed by atoms with Crippen LogP contribution in [0.3, 0.4) is 0 Å². The molecule has 0 bridgehead atoms. The number of aryl methyl sites for hydroxylation is 1. The average Bonchev–Trinajstić information content (AvgIpc) is 2.86. The van der Waals surface area contributed by atoms with Crippen LogP contribution in [0, 0.1) is 12.7 Å². The molecule has 23 heavy (non-hydrogen) atoms. The standard InChI is InChI=1S/C14H18FN5O2S/c1-4-9(19-14-18-7(3)17-13(16)20-14)10-6-8(15)11(23-10)12(21)22-5-2/h6,9H,4-5H2,1-3H3,(H3,16,17,18,19,20). The highest BCUT2D eigenvalue weighted by Gasteiger charge is 2.22. The molecule has 0 spiro atoms. The molecule has 0 saturated carbocycles. The molecule has 2 aromatic rings. The Morgan fingerprint density at radius 2 is 2.17 bits per heavy atom. The summed E-state index contributed by atoms with van der Waals surface area (Å²) in [5.74, 6) is -0.335. The third kappa shape index (κ3) is 4.13. The lowest BCUT2D eigenvalue weighted by Gasteiger charge is -2.15. The van der Waals surface area contributed by atoms with Gasteiger partial charge in [-0.3, -0.25) is 0 Å². The third-order valence-corrected chi connectivity index (χ3v) is 4.19. The van der Waals surface area contributed by atoms with Crippen molar-refractivity contribution in [3.05, 3.63) is 27.5 Å². The fraction of sp³-hybridized carbons (Fsp3) is 0.429.